The largest absolute Gasteiger partial charge is 0.313 e. The highest BCUT2D eigenvalue weighted by atomic mass is 15.3. The molecule has 0 aliphatic carbocycles. The van der Waals surface area contributed by atoms with Gasteiger partial charge in [0.2, 0.25) is 0 Å². The van der Waals surface area contributed by atoms with Gasteiger partial charge in [0.25, 0.3) is 0 Å². The highest BCUT2D eigenvalue weighted by molar-refractivity contribution is 4.92. The Hall–Kier alpha value is -1.16. The third-order valence-electron chi connectivity index (χ3n) is 2.61. The van der Waals surface area contributed by atoms with Crippen LogP contribution in [0.15, 0.2) is 19.0 Å². The predicted molar refractivity (Wildman–Crippen MR) is 70.8 cm³/mol. The monoisotopic (exact) mass is 236 g/mol. The fourth-order valence-electron chi connectivity index (χ4n) is 1.89. The molecule has 1 aromatic rings. The van der Waals surface area contributed by atoms with Crippen LogP contribution in [0.4, 0.5) is 0 Å². The second kappa shape index (κ2) is 7.22. The molecule has 1 aromatic heterocycles. The number of rotatable bonds is 8. The molecule has 96 valence electrons. The van der Waals surface area contributed by atoms with Crippen molar-refractivity contribution in [2.24, 2.45) is 5.92 Å². The summed E-state index contributed by atoms with van der Waals surface area (Å²) in [5, 5.41) is 7.73. The molecule has 1 heterocycles. The summed E-state index contributed by atoms with van der Waals surface area (Å²) in [6.45, 7) is 12.2. The Bertz CT molecular complexity index is 330. The Kier molecular flexibility index (Phi) is 5.91. The van der Waals surface area contributed by atoms with Crippen molar-refractivity contribution in [2.45, 2.75) is 46.2 Å². The molecular formula is C13H24N4. The fraction of sp³-hybridized carbons (Fsp3) is 0.692. The Labute approximate surface area is 104 Å². The number of likely N-dealkylation sites (N-methyl/N-ethyl adjacent to an activating group) is 1. The molecule has 1 rings (SSSR count). The third kappa shape index (κ3) is 4.69. The van der Waals surface area contributed by atoms with Crippen molar-refractivity contribution in [3.05, 3.63) is 24.8 Å². The molecule has 0 aliphatic heterocycles. The molecule has 0 aromatic carbocycles. The molecule has 0 spiro atoms. The second-order valence-electron chi connectivity index (χ2n) is 4.74. The quantitative estimate of drug-likeness (QED) is 0.702. The van der Waals surface area contributed by atoms with Crippen molar-refractivity contribution in [1.29, 1.82) is 0 Å². The Morgan fingerprint density at radius 2 is 2.29 bits per heavy atom. The maximum Gasteiger partial charge on any atom is 0.138 e. The van der Waals surface area contributed by atoms with Gasteiger partial charge in [-0.15, -0.1) is 6.58 Å². The summed E-state index contributed by atoms with van der Waals surface area (Å²) in [5.41, 5.74) is 0. The van der Waals surface area contributed by atoms with E-state index in [1.807, 2.05) is 10.8 Å². The summed E-state index contributed by atoms with van der Waals surface area (Å²) < 4.78 is 2.01. The first-order valence-electron chi connectivity index (χ1n) is 6.38. The molecule has 1 N–H and O–H groups in total. The summed E-state index contributed by atoms with van der Waals surface area (Å²) in [4.78, 5) is 4.35. The van der Waals surface area contributed by atoms with Gasteiger partial charge in [0.05, 0.1) is 0 Å². The van der Waals surface area contributed by atoms with Crippen LogP contribution in [0, 0.1) is 5.92 Å². The van der Waals surface area contributed by atoms with E-state index in [0.717, 1.165) is 31.8 Å². The molecule has 4 heteroatoms. The van der Waals surface area contributed by atoms with Gasteiger partial charge in [-0.25, -0.2) is 9.67 Å². The van der Waals surface area contributed by atoms with Gasteiger partial charge >= 0.3 is 0 Å². The molecule has 0 saturated heterocycles. The molecule has 0 radical (unpaired) electrons. The minimum atomic E-state index is 0.410. The lowest BCUT2D eigenvalue weighted by Gasteiger charge is -2.16. The third-order valence-corrected chi connectivity index (χ3v) is 2.61. The molecule has 4 nitrogen and oxygen atoms in total. The first kappa shape index (κ1) is 13.9. The summed E-state index contributed by atoms with van der Waals surface area (Å²) in [5.74, 6) is 1.65. The van der Waals surface area contributed by atoms with Crippen LogP contribution < -0.4 is 5.32 Å². The zero-order valence-corrected chi connectivity index (χ0v) is 11.2. The maximum atomic E-state index is 4.35. The van der Waals surface area contributed by atoms with Crippen LogP contribution in [0.3, 0.4) is 0 Å². The molecule has 0 aliphatic rings. The van der Waals surface area contributed by atoms with Crippen molar-refractivity contribution in [2.75, 3.05) is 6.54 Å². The van der Waals surface area contributed by atoms with Gasteiger partial charge in [0.15, 0.2) is 0 Å². The molecule has 0 amide bonds. The van der Waals surface area contributed by atoms with Gasteiger partial charge in [0.1, 0.15) is 12.2 Å². The number of nitrogens with one attached hydrogen (secondary N) is 1. The van der Waals surface area contributed by atoms with E-state index in [1.165, 1.54) is 0 Å². The fourth-order valence-corrected chi connectivity index (χ4v) is 1.89. The summed E-state index contributed by atoms with van der Waals surface area (Å²) in [6, 6.07) is 0.410. The van der Waals surface area contributed by atoms with Crippen molar-refractivity contribution in [1.82, 2.24) is 20.1 Å². The smallest absolute Gasteiger partial charge is 0.138 e. The number of nitrogens with zero attached hydrogens (tertiary/aromatic N) is 3. The van der Waals surface area contributed by atoms with E-state index < -0.39 is 0 Å². The normalized spacial score (nSPS) is 12.9. The molecule has 1 atom stereocenters. The van der Waals surface area contributed by atoms with Crippen molar-refractivity contribution >= 4 is 0 Å². The zero-order valence-electron chi connectivity index (χ0n) is 11.2. The van der Waals surface area contributed by atoms with Gasteiger partial charge in [-0.3, -0.25) is 0 Å². The van der Waals surface area contributed by atoms with E-state index in [2.05, 4.69) is 42.7 Å². The van der Waals surface area contributed by atoms with Crippen LogP contribution in [0.2, 0.25) is 0 Å². The average Bonchev–Trinajstić information content (AvgIpc) is 2.65. The second-order valence-corrected chi connectivity index (χ2v) is 4.74. The van der Waals surface area contributed by atoms with E-state index in [1.54, 1.807) is 6.33 Å². The number of hydrogen-bond acceptors (Lipinski definition) is 3. The summed E-state index contributed by atoms with van der Waals surface area (Å²) in [7, 11) is 0. The first-order valence-corrected chi connectivity index (χ1v) is 6.38. The highest BCUT2D eigenvalue weighted by Crippen LogP contribution is 2.06. The first-order chi connectivity index (χ1) is 8.17. The van der Waals surface area contributed by atoms with Gasteiger partial charge in [0, 0.05) is 19.0 Å². The van der Waals surface area contributed by atoms with E-state index in [4.69, 9.17) is 0 Å². The predicted octanol–water partition coefficient (Wildman–Crippen LogP) is 2.03. The molecule has 0 fully saturated rings. The highest BCUT2D eigenvalue weighted by Gasteiger charge is 2.12. The number of aromatic nitrogens is 3. The van der Waals surface area contributed by atoms with Gasteiger partial charge < -0.3 is 5.32 Å². The van der Waals surface area contributed by atoms with Crippen molar-refractivity contribution in [3.8, 4) is 0 Å². The Morgan fingerprint density at radius 1 is 1.53 bits per heavy atom. The lowest BCUT2D eigenvalue weighted by Crippen LogP contribution is -2.31. The minimum Gasteiger partial charge on any atom is -0.313 e. The van der Waals surface area contributed by atoms with Crippen LogP contribution in [0.1, 0.15) is 33.0 Å². The van der Waals surface area contributed by atoms with Gasteiger partial charge in [-0.05, 0) is 18.9 Å². The van der Waals surface area contributed by atoms with Gasteiger partial charge in [-0.1, -0.05) is 26.8 Å². The van der Waals surface area contributed by atoms with E-state index in [-0.39, 0.29) is 0 Å². The van der Waals surface area contributed by atoms with E-state index in [0.29, 0.717) is 12.0 Å². The zero-order chi connectivity index (χ0) is 12.7. The van der Waals surface area contributed by atoms with Crippen LogP contribution in [-0.4, -0.2) is 27.4 Å². The molecule has 17 heavy (non-hydrogen) atoms. The van der Waals surface area contributed by atoms with Crippen LogP contribution in [-0.2, 0) is 13.0 Å². The van der Waals surface area contributed by atoms with Crippen molar-refractivity contribution < 1.29 is 0 Å². The summed E-state index contributed by atoms with van der Waals surface area (Å²) >= 11 is 0. The average molecular weight is 236 g/mol. The van der Waals surface area contributed by atoms with Crippen LogP contribution >= 0.6 is 0 Å². The topological polar surface area (TPSA) is 42.7 Å². The molecular weight excluding hydrogens is 212 g/mol. The van der Waals surface area contributed by atoms with Crippen molar-refractivity contribution in [3.63, 3.8) is 0 Å². The maximum absolute atomic E-state index is 4.35. The lowest BCUT2D eigenvalue weighted by molar-refractivity contribution is 0.443. The van der Waals surface area contributed by atoms with E-state index >= 15 is 0 Å². The Balaban J connectivity index is 2.64. The lowest BCUT2D eigenvalue weighted by atomic mass is 10.1. The molecule has 1 unspecified atom stereocenters. The van der Waals surface area contributed by atoms with Crippen LogP contribution in [0.5, 0.6) is 0 Å². The SMILES string of the molecule is C=CCC(Cc1ncnn1CC(C)C)NCC. The standard InChI is InChI=1S/C13H24N4/c1-5-7-12(14-6-2)8-13-15-10-16-17(13)9-11(3)4/h5,10-12,14H,1,6-9H2,2-4H3. The van der Waals surface area contributed by atoms with Crippen LogP contribution in [0.25, 0.3) is 0 Å². The molecule has 0 saturated carbocycles. The van der Waals surface area contributed by atoms with E-state index in [9.17, 15) is 0 Å². The molecule has 0 bridgehead atoms. The minimum absolute atomic E-state index is 0.410. The Morgan fingerprint density at radius 3 is 2.88 bits per heavy atom. The summed E-state index contributed by atoms with van der Waals surface area (Å²) in [6.07, 6.45) is 5.47. The van der Waals surface area contributed by atoms with Gasteiger partial charge in [-0.2, -0.15) is 5.10 Å². The number of hydrogen-bond donors (Lipinski definition) is 1.